The molecule has 0 aromatic carbocycles. The highest BCUT2D eigenvalue weighted by Gasteiger charge is 2.41. The summed E-state index contributed by atoms with van der Waals surface area (Å²) in [5, 5.41) is 0. The van der Waals surface area contributed by atoms with Crippen LogP contribution in [0.1, 0.15) is 6.92 Å². The van der Waals surface area contributed by atoms with Crippen LogP contribution in [0.3, 0.4) is 0 Å². The van der Waals surface area contributed by atoms with Crippen molar-refractivity contribution in [1.29, 1.82) is 0 Å². The van der Waals surface area contributed by atoms with Crippen molar-refractivity contribution in [2.24, 2.45) is 0 Å². The molecule has 0 amide bonds. The van der Waals surface area contributed by atoms with Gasteiger partial charge in [-0.15, -0.1) is 0 Å². The quantitative estimate of drug-likeness (QED) is 0.591. The van der Waals surface area contributed by atoms with Gasteiger partial charge < -0.3 is 14.4 Å². The van der Waals surface area contributed by atoms with E-state index in [1.807, 2.05) is 6.92 Å². The number of methoxy groups -OCH3 is 1. The summed E-state index contributed by atoms with van der Waals surface area (Å²) in [5.74, 6) is 0. The van der Waals surface area contributed by atoms with E-state index < -0.39 is 0 Å². The van der Waals surface area contributed by atoms with Gasteiger partial charge in [-0.3, -0.25) is 0 Å². The molecule has 1 heterocycles. The summed E-state index contributed by atoms with van der Waals surface area (Å²) in [7, 11) is 3.81. The van der Waals surface area contributed by atoms with E-state index in [0.717, 1.165) is 19.7 Å². The van der Waals surface area contributed by atoms with E-state index in [4.69, 9.17) is 9.47 Å². The van der Waals surface area contributed by atoms with Gasteiger partial charge in [0.05, 0.1) is 6.61 Å². The Hall–Kier alpha value is -0.120. The predicted octanol–water partition coefficient (Wildman–Crippen LogP) is 0.353. The number of ether oxygens (including phenoxy) is 2. The van der Waals surface area contributed by atoms with Gasteiger partial charge in [0.15, 0.2) is 0 Å². The molecular formula is C8H17NO2. The molecular weight excluding hydrogens is 142 g/mol. The van der Waals surface area contributed by atoms with Crippen molar-refractivity contribution >= 4 is 0 Å². The molecule has 0 spiro atoms. The minimum absolute atomic E-state index is 0.00174. The third-order valence-electron chi connectivity index (χ3n) is 1.97. The van der Waals surface area contributed by atoms with Gasteiger partial charge in [0, 0.05) is 26.8 Å². The first-order chi connectivity index (χ1) is 5.22. The van der Waals surface area contributed by atoms with Gasteiger partial charge in [0.1, 0.15) is 5.60 Å². The van der Waals surface area contributed by atoms with E-state index in [2.05, 4.69) is 11.9 Å². The van der Waals surface area contributed by atoms with Gasteiger partial charge in [-0.25, -0.2) is 0 Å². The van der Waals surface area contributed by atoms with Crippen LogP contribution in [-0.4, -0.2) is 51.0 Å². The van der Waals surface area contributed by atoms with Crippen LogP contribution in [-0.2, 0) is 9.47 Å². The lowest BCUT2D eigenvalue weighted by atomic mass is 9.96. The normalized spacial score (nSPS) is 23.2. The lowest BCUT2D eigenvalue weighted by molar-refractivity contribution is -0.161. The molecule has 3 heteroatoms. The molecule has 0 saturated carbocycles. The van der Waals surface area contributed by atoms with Gasteiger partial charge in [-0.05, 0) is 14.0 Å². The van der Waals surface area contributed by atoms with Crippen molar-refractivity contribution in [1.82, 2.24) is 4.90 Å². The van der Waals surface area contributed by atoms with Crippen LogP contribution in [0, 0.1) is 0 Å². The van der Waals surface area contributed by atoms with Crippen LogP contribution >= 0.6 is 0 Å². The lowest BCUT2D eigenvalue weighted by Gasteiger charge is -2.47. The molecule has 1 saturated heterocycles. The summed E-state index contributed by atoms with van der Waals surface area (Å²) in [5.41, 5.74) is -0.00174. The van der Waals surface area contributed by atoms with Gasteiger partial charge in [-0.1, -0.05) is 0 Å². The summed E-state index contributed by atoms with van der Waals surface area (Å²) in [6.07, 6.45) is 0. The average Bonchev–Trinajstić information content (AvgIpc) is 1.86. The molecule has 3 nitrogen and oxygen atoms in total. The molecule has 1 rings (SSSR count). The number of nitrogens with zero attached hydrogens (tertiary/aromatic N) is 1. The maximum Gasteiger partial charge on any atom is 0.117 e. The molecule has 66 valence electrons. The highest BCUT2D eigenvalue weighted by Crippen LogP contribution is 2.23. The molecule has 0 atom stereocenters. The zero-order chi connectivity index (χ0) is 8.32. The maximum atomic E-state index is 5.61. The summed E-state index contributed by atoms with van der Waals surface area (Å²) in [6.45, 7) is 5.50. The minimum atomic E-state index is -0.00174. The van der Waals surface area contributed by atoms with E-state index in [1.54, 1.807) is 7.11 Å². The Bertz CT molecular complexity index is 106. The fourth-order valence-corrected chi connectivity index (χ4v) is 1.73. The van der Waals surface area contributed by atoms with Crippen molar-refractivity contribution in [2.45, 2.75) is 12.5 Å². The van der Waals surface area contributed by atoms with E-state index in [0.29, 0.717) is 6.61 Å². The second-order valence-electron chi connectivity index (χ2n) is 3.22. The van der Waals surface area contributed by atoms with Gasteiger partial charge in [0.2, 0.25) is 0 Å². The Morgan fingerprint density at radius 1 is 1.45 bits per heavy atom. The molecule has 0 aromatic rings. The smallest absolute Gasteiger partial charge is 0.117 e. The van der Waals surface area contributed by atoms with Gasteiger partial charge >= 0.3 is 0 Å². The largest absolute Gasteiger partial charge is 0.382 e. The lowest BCUT2D eigenvalue weighted by Crippen LogP contribution is -2.64. The van der Waals surface area contributed by atoms with Crippen molar-refractivity contribution in [3.8, 4) is 0 Å². The first kappa shape index (κ1) is 8.97. The summed E-state index contributed by atoms with van der Waals surface area (Å²) < 4.78 is 10.7. The molecule has 0 bridgehead atoms. The Labute approximate surface area is 68.3 Å². The second-order valence-corrected chi connectivity index (χ2v) is 3.22. The molecule has 1 aliphatic rings. The van der Waals surface area contributed by atoms with Crippen molar-refractivity contribution in [3.05, 3.63) is 0 Å². The van der Waals surface area contributed by atoms with Gasteiger partial charge in [0.25, 0.3) is 0 Å². The Morgan fingerprint density at radius 3 is 2.45 bits per heavy atom. The van der Waals surface area contributed by atoms with E-state index in [-0.39, 0.29) is 5.60 Å². The third kappa shape index (κ3) is 1.92. The number of likely N-dealkylation sites (N-methyl/N-ethyl adjacent to an activating group) is 1. The topological polar surface area (TPSA) is 21.7 Å². The maximum absolute atomic E-state index is 5.61. The van der Waals surface area contributed by atoms with Crippen LogP contribution in [0.2, 0.25) is 0 Å². The Balaban J connectivity index is 2.33. The molecule has 0 aliphatic carbocycles. The molecule has 0 unspecified atom stereocenters. The van der Waals surface area contributed by atoms with Crippen molar-refractivity contribution < 1.29 is 9.47 Å². The average molecular weight is 159 g/mol. The Kier molecular flexibility index (Phi) is 2.87. The van der Waals surface area contributed by atoms with Crippen molar-refractivity contribution in [2.75, 3.05) is 40.5 Å². The van der Waals surface area contributed by atoms with E-state index >= 15 is 0 Å². The van der Waals surface area contributed by atoms with E-state index in [9.17, 15) is 0 Å². The summed E-state index contributed by atoms with van der Waals surface area (Å²) in [6, 6.07) is 0. The zero-order valence-electron chi connectivity index (χ0n) is 7.59. The number of likely N-dealkylation sites (tertiary alicyclic amines) is 1. The highest BCUT2D eigenvalue weighted by atomic mass is 16.5. The number of rotatable bonds is 4. The third-order valence-corrected chi connectivity index (χ3v) is 1.97. The SMILES string of the molecule is CCOC1(COC)CN(C)C1. The standard InChI is InChI=1S/C8H17NO2/c1-4-11-8(7-10-3)5-9(2)6-8/h4-7H2,1-3H3. The molecule has 0 N–H and O–H groups in total. The second kappa shape index (κ2) is 3.52. The van der Waals surface area contributed by atoms with Crippen LogP contribution in [0.5, 0.6) is 0 Å². The Morgan fingerprint density at radius 2 is 2.09 bits per heavy atom. The molecule has 11 heavy (non-hydrogen) atoms. The zero-order valence-corrected chi connectivity index (χ0v) is 7.59. The molecule has 0 radical (unpaired) electrons. The first-order valence-electron chi connectivity index (χ1n) is 4.04. The molecule has 0 aromatic heterocycles. The first-order valence-corrected chi connectivity index (χ1v) is 4.04. The van der Waals surface area contributed by atoms with Gasteiger partial charge in [-0.2, -0.15) is 0 Å². The summed E-state index contributed by atoms with van der Waals surface area (Å²) >= 11 is 0. The predicted molar refractivity (Wildman–Crippen MR) is 43.7 cm³/mol. The van der Waals surface area contributed by atoms with Crippen LogP contribution in [0.25, 0.3) is 0 Å². The highest BCUT2D eigenvalue weighted by molar-refractivity contribution is 4.95. The monoisotopic (exact) mass is 159 g/mol. The number of hydrogen-bond donors (Lipinski definition) is 0. The van der Waals surface area contributed by atoms with E-state index in [1.165, 1.54) is 0 Å². The van der Waals surface area contributed by atoms with Crippen LogP contribution in [0.4, 0.5) is 0 Å². The van der Waals surface area contributed by atoms with Crippen LogP contribution < -0.4 is 0 Å². The number of hydrogen-bond acceptors (Lipinski definition) is 3. The van der Waals surface area contributed by atoms with Crippen molar-refractivity contribution in [3.63, 3.8) is 0 Å². The van der Waals surface area contributed by atoms with Crippen LogP contribution in [0.15, 0.2) is 0 Å². The molecule has 1 aliphatic heterocycles. The fraction of sp³-hybridized carbons (Fsp3) is 1.00. The minimum Gasteiger partial charge on any atom is -0.382 e. The fourth-order valence-electron chi connectivity index (χ4n) is 1.73. The molecule has 1 fully saturated rings. The summed E-state index contributed by atoms with van der Waals surface area (Å²) in [4.78, 5) is 2.23.